The van der Waals surface area contributed by atoms with Crippen LogP contribution in [0.2, 0.25) is 0 Å². The molecule has 3 N–H and O–H groups in total. The molecule has 0 aliphatic carbocycles. The number of rotatable bonds is 4. The number of carboxylic acids is 1. The number of carbonyl (C=O) groups is 1. The van der Waals surface area contributed by atoms with Gasteiger partial charge in [0.2, 0.25) is 5.88 Å². The number of methoxy groups -OCH3 is 1. The first kappa shape index (κ1) is 11.0. The fourth-order valence-corrected chi connectivity index (χ4v) is 1.00. The van der Waals surface area contributed by atoms with Crippen LogP contribution >= 0.6 is 0 Å². The fraction of sp³-hybridized carbons (Fsp3) is 0.200. The molecule has 0 aliphatic rings. The summed E-state index contributed by atoms with van der Waals surface area (Å²) >= 11 is 0. The number of nitrogen functional groups attached to an aromatic ring is 1. The van der Waals surface area contributed by atoms with Crippen molar-refractivity contribution in [3.05, 3.63) is 23.9 Å². The van der Waals surface area contributed by atoms with E-state index >= 15 is 0 Å². The van der Waals surface area contributed by atoms with Crippen molar-refractivity contribution in [3.8, 4) is 5.88 Å². The third kappa shape index (κ3) is 3.30. The second-order valence-corrected chi connectivity index (χ2v) is 2.83. The van der Waals surface area contributed by atoms with E-state index in [0.29, 0.717) is 17.3 Å². The Morgan fingerprint density at radius 2 is 2.40 bits per heavy atom. The lowest BCUT2D eigenvalue weighted by atomic mass is 10.3. The van der Waals surface area contributed by atoms with Crippen molar-refractivity contribution in [1.29, 1.82) is 0 Å². The van der Waals surface area contributed by atoms with Crippen molar-refractivity contribution in [2.75, 3.05) is 12.8 Å². The van der Waals surface area contributed by atoms with E-state index in [1.54, 1.807) is 18.2 Å². The molecule has 1 aromatic rings. The maximum atomic E-state index is 10.3. The minimum absolute atomic E-state index is 0.0334. The molecule has 80 valence electrons. The number of aromatic nitrogens is 1. The van der Waals surface area contributed by atoms with E-state index in [-0.39, 0.29) is 6.42 Å². The van der Waals surface area contributed by atoms with Gasteiger partial charge in [0.25, 0.3) is 0 Å². The highest BCUT2D eigenvalue weighted by molar-refractivity contribution is 5.70. The number of hydrogen-bond acceptors (Lipinski definition) is 4. The zero-order chi connectivity index (χ0) is 11.3. The molecule has 0 radical (unpaired) electrons. The molecule has 0 spiro atoms. The molecule has 5 heteroatoms. The van der Waals surface area contributed by atoms with Crippen molar-refractivity contribution in [2.45, 2.75) is 6.42 Å². The van der Waals surface area contributed by atoms with Crippen molar-refractivity contribution >= 4 is 17.7 Å². The van der Waals surface area contributed by atoms with Gasteiger partial charge in [-0.2, -0.15) is 0 Å². The minimum atomic E-state index is -0.881. The Balaban J connectivity index is 2.78. The van der Waals surface area contributed by atoms with Crippen molar-refractivity contribution in [1.82, 2.24) is 4.98 Å². The number of carboxylic acid groups (broad SMARTS) is 1. The van der Waals surface area contributed by atoms with E-state index in [9.17, 15) is 4.79 Å². The SMILES string of the molecule is COc1nc(C=CCC(=O)O)ccc1N. The van der Waals surface area contributed by atoms with Gasteiger partial charge in [-0.3, -0.25) is 4.79 Å². The largest absolute Gasteiger partial charge is 0.481 e. The van der Waals surface area contributed by atoms with Gasteiger partial charge in [-0.25, -0.2) is 4.98 Å². The lowest BCUT2D eigenvalue weighted by molar-refractivity contribution is -0.135. The molecular formula is C10H12N2O3. The second kappa shape index (κ2) is 4.99. The zero-order valence-corrected chi connectivity index (χ0v) is 8.30. The number of nitrogens with two attached hydrogens (primary N) is 1. The highest BCUT2D eigenvalue weighted by atomic mass is 16.5. The predicted octanol–water partition coefficient (Wildman–Crippen LogP) is 1.16. The Morgan fingerprint density at radius 3 is 3.00 bits per heavy atom. The standard InChI is InChI=1S/C10H12N2O3/c1-15-10-8(11)6-5-7(12-10)3-2-4-9(13)14/h2-3,5-6H,4,11H2,1H3,(H,13,14). The van der Waals surface area contributed by atoms with Crippen LogP contribution in [0.25, 0.3) is 6.08 Å². The molecule has 1 rings (SSSR count). The fourth-order valence-electron chi connectivity index (χ4n) is 1.00. The summed E-state index contributed by atoms with van der Waals surface area (Å²) in [5.74, 6) is -0.541. The van der Waals surface area contributed by atoms with E-state index in [2.05, 4.69) is 4.98 Å². The average molecular weight is 208 g/mol. The van der Waals surface area contributed by atoms with Gasteiger partial charge in [-0.15, -0.1) is 0 Å². The summed E-state index contributed by atoms with van der Waals surface area (Å²) in [5.41, 5.74) is 6.64. The van der Waals surface area contributed by atoms with Crippen LogP contribution in [-0.4, -0.2) is 23.2 Å². The highest BCUT2D eigenvalue weighted by Gasteiger charge is 2.00. The molecule has 0 aliphatic heterocycles. The lowest BCUT2D eigenvalue weighted by Crippen LogP contribution is -1.96. The summed E-state index contributed by atoms with van der Waals surface area (Å²) in [6, 6.07) is 3.35. The molecule has 1 heterocycles. The van der Waals surface area contributed by atoms with Crippen LogP contribution in [0.3, 0.4) is 0 Å². The molecule has 0 fully saturated rings. The molecule has 0 amide bonds. The normalized spacial score (nSPS) is 10.5. The Labute approximate surface area is 87.2 Å². The van der Waals surface area contributed by atoms with Crippen LogP contribution < -0.4 is 10.5 Å². The van der Waals surface area contributed by atoms with Gasteiger partial charge in [0.1, 0.15) is 0 Å². The maximum absolute atomic E-state index is 10.3. The second-order valence-electron chi connectivity index (χ2n) is 2.83. The Bertz CT molecular complexity index is 388. The lowest BCUT2D eigenvalue weighted by Gasteiger charge is -2.02. The summed E-state index contributed by atoms with van der Waals surface area (Å²) in [4.78, 5) is 14.3. The van der Waals surface area contributed by atoms with E-state index in [4.69, 9.17) is 15.6 Å². The number of hydrogen-bond donors (Lipinski definition) is 2. The zero-order valence-electron chi connectivity index (χ0n) is 8.30. The van der Waals surface area contributed by atoms with Gasteiger partial charge in [0.05, 0.1) is 24.9 Å². The number of aliphatic carboxylic acids is 1. The third-order valence-electron chi connectivity index (χ3n) is 1.69. The molecule has 0 bridgehead atoms. The minimum Gasteiger partial charge on any atom is -0.481 e. The van der Waals surface area contributed by atoms with Crippen LogP contribution in [-0.2, 0) is 4.79 Å². The first-order valence-electron chi connectivity index (χ1n) is 4.32. The number of nitrogens with zero attached hydrogens (tertiary/aromatic N) is 1. The Hall–Kier alpha value is -2.04. The summed E-state index contributed by atoms with van der Waals surface area (Å²) < 4.78 is 4.93. The summed E-state index contributed by atoms with van der Waals surface area (Å²) in [6.07, 6.45) is 3.09. The maximum Gasteiger partial charge on any atom is 0.307 e. The molecule has 15 heavy (non-hydrogen) atoms. The van der Waals surface area contributed by atoms with E-state index in [1.807, 2.05) is 0 Å². The quantitative estimate of drug-likeness (QED) is 0.775. The summed E-state index contributed by atoms with van der Waals surface area (Å²) in [7, 11) is 1.48. The van der Waals surface area contributed by atoms with Crippen LogP contribution in [0, 0.1) is 0 Å². The van der Waals surface area contributed by atoms with Gasteiger partial charge in [0, 0.05) is 0 Å². The average Bonchev–Trinajstić information content (AvgIpc) is 2.20. The van der Waals surface area contributed by atoms with E-state index < -0.39 is 5.97 Å². The Morgan fingerprint density at radius 1 is 1.67 bits per heavy atom. The molecular weight excluding hydrogens is 196 g/mol. The van der Waals surface area contributed by atoms with Crippen LogP contribution in [0.5, 0.6) is 5.88 Å². The van der Waals surface area contributed by atoms with Crippen LogP contribution in [0.4, 0.5) is 5.69 Å². The highest BCUT2D eigenvalue weighted by Crippen LogP contribution is 2.18. The van der Waals surface area contributed by atoms with Gasteiger partial charge in [-0.05, 0) is 18.2 Å². The number of pyridine rings is 1. The molecule has 0 saturated heterocycles. The third-order valence-corrected chi connectivity index (χ3v) is 1.69. The van der Waals surface area contributed by atoms with Crippen molar-refractivity contribution in [2.24, 2.45) is 0 Å². The molecule has 0 atom stereocenters. The van der Waals surface area contributed by atoms with Gasteiger partial charge >= 0.3 is 5.97 Å². The monoisotopic (exact) mass is 208 g/mol. The van der Waals surface area contributed by atoms with E-state index in [1.165, 1.54) is 13.2 Å². The van der Waals surface area contributed by atoms with Gasteiger partial charge in [-0.1, -0.05) is 6.08 Å². The summed E-state index contributed by atoms with van der Waals surface area (Å²) in [5, 5.41) is 8.42. The number of ether oxygens (including phenoxy) is 1. The smallest absolute Gasteiger partial charge is 0.307 e. The van der Waals surface area contributed by atoms with Gasteiger partial charge in [0.15, 0.2) is 0 Å². The first-order valence-corrected chi connectivity index (χ1v) is 4.32. The first-order chi connectivity index (χ1) is 7.13. The van der Waals surface area contributed by atoms with E-state index in [0.717, 1.165) is 0 Å². The van der Waals surface area contributed by atoms with Crippen LogP contribution in [0.1, 0.15) is 12.1 Å². The van der Waals surface area contributed by atoms with Crippen molar-refractivity contribution in [3.63, 3.8) is 0 Å². The van der Waals surface area contributed by atoms with Gasteiger partial charge < -0.3 is 15.6 Å². The molecule has 0 aromatic carbocycles. The molecule has 5 nitrogen and oxygen atoms in total. The topological polar surface area (TPSA) is 85.4 Å². The molecule has 1 aromatic heterocycles. The Kier molecular flexibility index (Phi) is 3.68. The van der Waals surface area contributed by atoms with Crippen molar-refractivity contribution < 1.29 is 14.6 Å². The predicted molar refractivity (Wildman–Crippen MR) is 56.5 cm³/mol. The molecule has 0 unspecified atom stereocenters. The number of anilines is 1. The molecule has 0 saturated carbocycles. The van der Waals surface area contributed by atoms with Crippen LogP contribution in [0.15, 0.2) is 18.2 Å². The summed E-state index contributed by atoms with van der Waals surface area (Å²) in [6.45, 7) is 0.